The van der Waals surface area contributed by atoms with Crippen molar-refractivity contribution in [2.75, 3.05) is 0 Å². The summed E-state index contributed by atoms with van der Waals surface area (Å²) in [6.07, 6.45) is 6.73. The van der Waals surface area contributed by atoms with Crippen LogP contribution in [0.15, 0.2) is 28.6 Å². The van der Waals surface area contributed by atoms with Gasteiger partial charge in [0, 0.05) is 19.3 Å². The number of nitrogens with zero attached hydrogens (tertiary/aromatic N) is 1. The summed E-state index contributed by atoms with van der Waals surface area (Å²) < 4.78 is 13.8. The Morgan fingerprint density at radius 2 is 1.88 bits per heavy atom. The van der Waals surface area contributed by atoms with Gasteiger partial charge in [-0.3, -0.25) is 14.6 Å². The molecule has 2 N–H and O–H groups in total. The highest BCUT2D eigenvalue weighted by Gasteiger charge is 2.54. The lowest BCUT2D eigenvalue weighted by atomic mass is 9.76. The van der Waals surface area contributed by atoms with Crippen LogP contribution in [-0.2, 0) is 16.4 Å². The van der Waals surface area contributed by atoms with Crippen molar-refractivity contribution < 1.29 is 14.4 Å². The van der Waals surface area contributed by atoms with Crippen LogP contribution in [0.3, 0.4) is 0 Å². The molecule has 0 spiro atoms. The predicted molar refractivity (Wildman–Crippen MR) is 97.0 cm³/mol. The second-order valence-electron chi connectivity index (χ2n) is 8.49. The van der Waals surface area contributed by atoms with Gasteiger partial charge in [0.2, 0.25) is 0 Å². The third-order valence-corrected chi connectivity index (χ3v) is 5.94. The molecule has 1 aromatic heterocycles. The van der Waals surface area contributed by atoms with Gasteiger partial charge in [-0.25, -0.2) is 0 Å². The number of hydrogen-bond donors (Lipinski definition) is 2. The predicted octanol–water partition coefficient (Wildman–Crippen LogP) is 2.05. The average molecular weight is 348 g/mol. The van der Waals surface area contributed by atoms with Crippen LogP contribution in [0.5, 0.6) is 0 Å². The van der Waals surface area contributed by atoms with E-state index in [0.29, 0.717) is 11.8 Å². The van der Waals surface area contributed by atoms with Crippen molar-refractivity contribution in [3.05, 3.63) is 34.2 Å². The highest BCUT2D eigenvalue weighted by molar-refractivity contribution is 6.54. The third-order valence-electron chi connectivity index (χ3n) is 5.94. The molecule has 138 valence electrons. The van der Waals surface area contributed by atoms with Crippen LogP contribution in [0.25, 0.3) is 0 Å². The van der Waals surface area contributed by atoms with Gasteiger partial charge in [0.15, 0.2) is 0 Å². The van der Waals surface area contributed by atoms with Crippen LogP contribution in [-0.4, -0.2) is 39.3 Å². The first-order valence-electron chi connectivity index (χ1n) is 9.03. The van der Waals surface area contributed by atoms with Crippen LogP contribution < -0.4 is 5.56 Å². The number of nitrogens with one attached hydrogen (secondary N) is 1. The van der Waals surface area contributed by atoms with E-state index < -0.39 is 0 Å². The van der Waals surface area contributed by atoms with E-state index in [1.54, 1.807) is 17.9 Å². The Morgan fingerprint density at radius 1 is 1.24 bits per heavy atom. The Bertz CT molecular complexity index is 690. The van der Waals surface area contributed by atoms with Gasteiger partial charge < -0.3 is 14.4 Å². The monoisotopic (exact) mass is 348 g/mol. The molecule has 2 heterocycles. The standard InChI is InChI=1S/C14H23BO3.C4H6N2O/c1-13(2)14(3,4)18-15(17-13)11-5-9-7-12(16)8-10(9)6-11;1-6-3-2-4(7)5-6/h5,9-10,12,16H,6-8H2,1-4H3;2-3H,1H3,(H,5,7)/t9-,10+,12+;/m0./s1. The second kappa shape index (κ2) is 6.45. The Morgan fingerprint density at radius 3 is 2.32 bits per heavy atom. The minimum Gasteiger partial charge on any atom is -0.400 e. The van der Waals surface area contributed by atoms with Crippen molar-refractivity contribution >= 4 is 7.12 Å². The summed E-state index contributed by atoms with van der Waals surface area (Å²) in [7, 11) is 1.58. The summed E-state index contributed by atoms with van der Waals surface area (Å²) in [5.41, 5.74) is 0.726. The van der Waals surface area contributed by atoms with Crippen LogP contribution in [0.1, 0.15) is 47.0 Å². The summed E-state index contributed by atoms with van der Waals surface area (Å²) in [5, 5.41) is 12.2. The summed E-state index contributed by atoms with van der Waals surface area (Å²) in [6, 6.07) is 1.47. The molecule has 3 aliphatic rings. The normalized spacial score (nSPS) is 32.2. The Balaban J connectivity index is 0.000000219. The molecule has 6 nitrogen and oxygen atoms in total. The Labute approximate surface area is 149 Å². The molecule has 0 radical (unpaired) electrons. The van der Waals surface area contributed by atoms with Crippen molar-refractivity contribution in [2.45, 2.75) is 64.3 Å². The summed E-state index contributed by atoms with van der Waals surface area (Å²) in [4.78, 5) is 10.2. The molecule has 0 unspecified atom stereocenters. The van der Waals surface area contributed by atoms with Gasteiger partial charge in [0.25, 0.3) is 5.56 Å². The fourth-order valence-electron chi connectivity index (χ4n) is 3.81. The van der Waals surface area contributed by atoms with Crippen LogP contribution in [0.2, 0.25) is 0 Å². The maximum Gasteiger partial charge on any atom is 0.490 e. The molecule has 1 aliphatic heterocycles. The number of aliphatic hydroxyl groups is 1. The van der Waals surface area contributed by atoms with E-state index in [1.165, 1.54) is 11.5 Å². The number of H-pyrrole nitrogens is 1. The van der Waals surface area contributed by atoms with E-state index in [0.717, 1.165) is 19.3 Å². The van der Waals surface area contributed by atoms with Crippen LogP contribution >= 0.6 is 0 Å². The van der Waals surface area contributed by atoms with Crippen molar-refractivity contribution in [3.8, 4) is 0 Å². The molecule has 2 fully saturated rings. The summed E-state index contributed by atoms with van der Waals surface area (Å²) in [5.74, 6) is 1.14. The lowest BCUT2D eigenvalue weighted by molar-refractivity contribution is 0.00578. The number of fused-ring (bicyclic) bond motifs is 1. The molecule has 1 saturated heterocycles. The Kier molecular flexibility index (Phi) is 4.77. The molecule has 1 aromatic rings. The molecular weight excluding hydrogens is 319 g/mol. The zero-order valence-electron chi connectivity index (χ0n) is 15.8. The lowest BCUT2D eigenvalue weighted by Crippen LogP contribution is -2.41. The number of aryl methyl sites for hydroxylation is 1. The van der Waals surface area contributed by atoms with Gasteiger partial charge >= 0.3 is 7.12 Å². The van der Waals surface area contributed by atoms with Gasteiger partial charge in [-0.2, -0.15) is 0 Å². The first kappa shape index (κ1) is 18.5. The topological polar surface area (TPSA) is 76.5 Å². The van der Waals surface area contributed by atoms with Gasteiger partial charge in [-0.05, 0) is 64.3 Å². The maximum absolute atomic E-state index is 10.2. The van der Waals surface area contributed by atoms with Crippen molar-refractivity contribution in [1.82, 2.24) is 9.78 Å². The molecule has 0 aromatic carbocycles. The molecule has 2 aliphatic carbocycles. The van der Waals surface area contributed by atoms with E-state index >= 15 is 0 Å². The van der Waals surface area contributed by atoms with Crippen molar-refractivity contribution in [2.24, 2.45) is 18.9 Å². The van der Waals surface area contributed by atoms with Gasteiger partial charge in [-0.15, -0.1) is 0 Å². The number of allylic oxidation sites excluding steroid dienone is 2. The second-order valence-corrected chi connectivity index (χ2v) is 8.49. The zero-order valence-corrected chi connectivity index (χ0v) is 15.8. The zero-order chi connectivity index (χ0) is 18.4. The summed E-state index contributed by atoms with van der Waals surface area (Å²) >= 11 is 0. The molecule has 7 heteroatoms. The van der Waals surface area contributed by atoms with Gasteiger partial charge in [0.05, 0.1) is 17.3 Å². The van der Waals surface area contributed by atoms with E-state index in [2.05, 4.69) is 38.9 Å². The highest BCUT2D eigenvalue weighted by Crippen LogP contribution is 2.47. The number of hydrogen-bond acceptors (Lipinski definition) is 4. The van der Waals surface area contributed by atoms with Crippen LogP contribution in [0.4, 0.5) is 0 Å². The molecule has 1 saturated carbocycles. The first-order chi connectivity index (χ1) is 11.6. The minimum atomic E-state index is -0.254. The quantitative estimate of drug-likeness (QED) is 0.762. The van der Waals surface area contributed by atoms with Crippen molar-refractivity contribution in [1.29, 1.82) is 0 Å². The summed E-state index contributed by atoms with van der Waals surface area (Å²) in [6.45, 7) is 8.36. The van der Waals surface area contributed by atoms with E-state index in [1.807, 2.05) is 0 Å². The lowest BCUT2D eigenvalue weighted by Gasteiger charge is -2.32. The third kappa shape index (κ3) is 3.78. The smallest absolute Gasteiger partial charge is 0.400 e. The SMILES string of the molecule is CC1(C)OB(C2=C[C@H]3C[C@@H](O)C[C@H]3C2)OC1(C)C.Cn1ccc(=O)[nH]1. The Hall–Kier alpha value is -1.31. The molecule has 3 atom stereocenters. The fraction of sp³-hybridized carbons (Fsp3) is 0.722. The van der Waals surface area contributed by atoms with E-state index in [9.17, 15) is 9.90 Å². The fourth-order valence-corrected chi connectivity index (χ4v) is 3.81. The van der Waals surface area contributed by atoms with Crippen molar-refractivity contribution in [3.63, 3.8) is 0 Å². The maximum atomic E-state index is 10.2. The minimum absolute atomic E-state index is 0.0532. The largest absolute Gasteiger partial charge is 0.490 e. The van der Waals surface area contributed by atoms with E-state index in [-0.39, 0.29) is 30.0 Å². The molecule has 25 heavy (non-hydrogen) atoms. The number of aromatic amines is 1. The van der Waals surface area contributed by atoms with Gasteiger partial charge in [0.1, 0.15) is 0 Å². The van der Waals surface area contributed by atoms with Crippen LogP contribution in [0, 0.1) is 11.8 Å². The molecular formula is C18H29BN2O4. The van der Waals surface area contributed by atoms with E-state index in [4.69, 9.17) is 9.31 Å². The number of aromatic nitrogens is 2. The van der Waals surface area contributed by atoms with Gasteiger partial charge in [-0.1, -0.05) is 6.08 Å². The molecule has 0 amide bonds. The molecule has 4 rings (SSSR count). The first-order valence-corrected chi connectivity index (χ1v) is 9.03. The number of rotatable bonds is 1. The average Bonchev–Trinajstić information content (AvgIpc) is 3.16. The number of aliphatic hydroxyl groups excluding tert-OH is 1. The highest BCUT2D eigenvalue weighted by atomic mass is 16.7. The molecule has 0 bridgehead atoms.